The molecule has 0 radical (unpaired) electrons. The van der Waals surface area contributed by atoms with Crippen LogP contribution in [0.2, 0.25) is 0 Å². The Morgan fingerprint density at radius 2 is 1.81 bits per heavy atom. The van der Waals surface area contributed by atoms with E-state index in [1.807, 2.05) is 32.0 Å². The number of anilines is 2. The highest BCUT2D eigenvalue weighted by Crippen LogP contribution is 2.42. The van der Waals surface area contributed by atoms with Crippen LogP contribution in [0.25, 0.3) is 10.9 Å². The molecule has 5 rings (SSSR count). The monoisotopic (exact) mass is 490 g/mol. The van der Waals surface area contributed by atoms with Gasteiger partial charge in [-0.2, -0.15) is 0 Å². The minimum absolute atomic E-state index is 0.0803. The first-order valence-corrected chi connectivity index (χ1v) is 12.4. The molecule has 1 aliphatic heterocycles. The molecule has 0 unspecified atom stereocenters. The standard InChI is InChI=1S/C28H31FN4O3/c1-16-9-10-17(2)23(13-16)33-26(35)25-24(30-18(3)34)21-14-19(29)11-12-22(21)32(25)15-28(33,4)27(36)31-20-7-5-6-8-20/h9-14,20H,5-8,15H2,1-4H3,(H,30,34)(H,31,36)/t28-/m0/s1. The van der Waals surface area contributed by atoms with Crippen molar-refractivity contribution in [1.29, 1.82) is 0 Å². The number of aryl methyl sites for hydroxylation is 2. The number of benzene rings is 2. The van der Waals surface area contributed by atoms with Crippen molar-refractivity contribution in [2.75, 3.05) is 10.2 Å². The molecule has 2 heterocycles. The average molecular weight is 491 g/mol. The molecule has 2 N–H and O–H groups in total. The fraction of sp³-hybridized carbons (Fsp3) is 0.393. The van der Waals surface area contributed by atoms with E-state index in [-0.39, 0.29) is 35.8 Å². The Morgan fingerprint density at radius 1 is 1.08 bits per heavy atom. The minimum atomic E-state index is -1.25. The van der Waals surface area contributed by atoms with E-state index in [0.29, 0.717) is 16.6 Å². The number of rotatable bonds is 4. The Morgan fingerprint density at radius 3 is 2.50 bits per heavy atom. The number of carbonyl (C=O) groups is 3. The van der Waals surface area contributed by atoms with Crippen LogP contribution in [0.1, 0.15) is 61.1 Å². The Kier molecular flexibility index (Phi) is 5.85. The van der Waals surface area contributed by atoms with Crippen LogP contribution in [-0.2, 0) is 16.1 Å². The Labute approximate surface area is 209 Å². The molecule has 2 aromatic carbocycles. The van der Waals surface area contributed by atoms with Crippen LogP contribution in [0.4, 0.5) is 15.8 Å². The summed E-state index contributed by atoms with van der Waals surface area (Å²) in [4.78, 5) is 42.0. The predicted octanol–water partition coefficient (Wildman–Crippen LogP) is 4.83. The molecular formula is C28H31FN4O3. The largest absolute Gasteiger partial charge is 0.351 e. The van der Waals surface area contributed by atoms with Crippen LogP contribution in [0.15, 0.2) is 36.4 Å². The molecule has 36 heavy (non-hydrogen) atoms. The summed E-state index contributed by atoms with van der Waals surface area (Å²) in [5, 5.41) is 6.37. The van der Waals surface area contributed by atoms with E-state index >= 15 is 0 Å². The zero-order chi connectivity index (χ0) is 25.8. The molecule has 0 saturated heterocycles. The second kappa shape index (κ2) is 8.76. The molecule has 7 nitrogen and oxygen atoms in total. The maximum absolute atomic E-state index is 14.4. The van der Waals surface area contributed by atoms with Crippen molar-refractivity contribution in [3.8, 4) is 0 Å². The first kappa shape index (κ1) is 24.0. The summed E-state index contributed by atoms with van der Waals surface area (Å²) in [6, 6.07) is 10.1. The normalized spacial score (nSPS) is 20.0. The Bertz CT molecular complexity index is 1410. The highest BCUT2D eigenvalue weighted by atomic mass is 19.1. The van der Waals surface area contributed by atoms with Crippen molar-refractivity contribution in [1.82, 2.24) is 9.88 Å². The van der Waals surface area contributed by atoms with Crippen LogP contribution in [0.5, 0.6) is 0 Å². The van der Waals surface area contributed by atoms with Crippen molar-refractivity contribution in [2.45, 2.75) is 71.5 Å². The quantitative estimate of drug-likeness (QED) is 0.549. The van der Waals surface area contributed by atoms with E-state index in [1.165, 1.54) is 19.1 Å². The first-order valence-electron chi connectivity index (χ1n) is 12.4. The molecule has 8 heteroatoms. The smallest absolute Gasteiger partial charge is 0.278 e. The van der Waals surface area contributed by atoms with Crippen LogP contribution in [-0.4, -0.2) is 33.9 Å². The summed E-state index contributed by atoms with van der Waals surface area (Å²) in [6.07, 6.45) is 3.98. The number of amides is 3. The number of fused-ring (bicyclic) bond motifs is 3. The van der Waals surface area contributed by atoms with Crippen molar-refractivity contribution >= 4 is 40.0 Å². The lowest BCUT2D eigenvalue weighted by molar-refractivity contribution is -0.127. The van der Waals surface area contributed by atoms with Crippen molar-refractivity contribution in [2.24, 2.45) is 0 Å². The van der Waals surface area contributed by atoms with Gasteiger partial charge in [-0.15, -0.1) is 0 Å². The van der Waals surface area contributed by atoms with Crippen LogP contribution >= 0.6 is 0 Å². The van der Waals surface area contributed by atoms with E-state index in [4.69, 9.17) is 0 Å². The summed E-state index contributed by atoms with van der Waals surface area (Å²) < 4.78 is 16.0. The van der Waals surface area contributed by atoms with Gasteiger partial charge in [0.2, 0.25) is 11.8 Å². The lowest BCUT2D eigenvalue weighted by Crippen LogP contribution is -2.65. The molecule has 2 aliphatic rings. The third-order valence-corrected chi connectivity index (χ3v) is 7.48. The van der Waals surface area contributed by atoms with Gasteiger partial charge in [-0.1, -0.05) is 25.0 Å². The van der Waals surface area contributed by atoms with Gasteiger partial charge in [-0.05, 0) is 69.0 Å². The molecule has 1 aliphatic carbocycles. The van der Waals surface area contributed by atoms with Gasteiger partial charge in [0.05, 0.1) is 17.7 Å². The molecule has 188 valence electrons. The zero-order valence-electron chi connectivity index (χ0n) is 21.1. The number of hydrogen-bond donors (Lipinski definition) is 2. The van der Waals surface area contributed by atoms with Gasteiger partial charge >= 0.3 is 0 Å². The van der Waals surface area contributed by atoms with E-state index in [2.05, 4.69) is 10.6 Å². The number of aromatic nitrogens is 1. The molecule has 0 bridgehead atoms. The number of nitrogens with one attached hydrogen (secondary N) is 2. The highest BCUT2D eigenvalue weighted by molar-refractivity contribution is 6.20. The lowest BCUT2D eigenvalue weighted by Gasteiger charge is -2.45. The number of carbonyl (C=O) groups excluding carboxylic acids is 3. The van der Waals surface area contributed by atoms with Crippen molar-refractivity contribution < 1.29 is 18.8 Å². The van der Waals surface area contributed by atoms with E-state index in [1.54, 1.807) is 22.5 Å². The minimum Gasteiger partial charge on any atom is -0.351 e. The molecule has 3 aromatic rings. The summed E-state index contributed by atoms with van der Waals surface area (Å²) in [6.45, 7) is 7.14. The number of nitrogens with zero attached hydrogens (tertiary/aromatic N) is 2. The maximum atomic E-state index is 14.4. The molecule has 0 spiro atoms. The van der Waals surface area contributed by atoms with Gasteiger partial charge in [0.15, 0.2) is 0 Å². The van der Waals surface area contributed by atoms with Crippen molar-refractivity contribution in [3.05, 3.63) is 59.0 Å². The Hall–Kier alpha value is -3.68. The summed E-state index contributed by atoms with van der Waals surface area (Å²) >= 11 is 0. The van der Waals surface area contributed by atoms with E-state index in [9.17, 15) is 18.8 Å². The highest BCUT2D eigenvalue weighted by Gasteiger charge is 2.50. The van der Waals surface area contributed by atoms with Gasteiger partial charge in [0, 0.05) is 24.0 Å². The van der Waals surface area contributed by atoms with E-state index in [0.717, 1.165) is 36.8 Å². The first-order chi connectivity index (χ1) is 17.1. The van der Waals surface area contributed by atoms with Crippen LogP contribution < -0.4 is 15.5 Å². The molecular weight excluding hydrogens is 459 g/mol. The summed E-state index contributed by atoms with van der Waals surface area (Å²) in [5.41, 5.74) is 2.28. The van der Waals surface area contributed by atoms with Gasteiger partial charge in [-0.3, -0.25) is 19.3 Å². The Balaban J connectivity index is 1.75. The van der Waals surface area contributed by atoms with Crippen LogP contribution in [0, 0.1) is 19.7 Å². The third-order valence-electron chi connectivity index (χ3n) is 7.48. The van der Waals surface area contributed by atoms with E-state index < -0.39 is 17.3 Å². The fourth-order valence-corrected chi connectivity index (χ4v) is 5.64. The second-order valence-electron chi connectivity index (χ2n) is 10.3. The SMILES string of the molecule is CC(=O)Nc1c2n(c3ccc(F)cc13)C[C@@](C)(C(=O)NC1CCCC1)N(c1cc(C)ccc1C)C2=O. The average Bonchev–Trinajstić information content (AvgIpc) is 3.42. The second-order valence-corrected chi connectivity index (χ2v) is 10.3. The van der Waals surface area contributed by atoms with Gasteiger partial charge in [0.25, 0.3) is 5.91 Å². The number of halogens is 1. The zero-order valence-corrected chi connectivity index (χ0v) is 21.1. The van der Waals surface area contributed by atoms with Crippen LogP contribution in [0.3, 0.4) is 0 Å². The molecule has 1 aromatic heterocycles. The topological polar surface area (TPSA) is 83.4 Å². The van der Waals surface area contributed by atoms with Gasteiger partial charge < -0.3 is 15.2 Å². The molecule has 1 saturated carbocycles. The summed E-state index contributed by atoms with van der Waals surface area (Å²) in [5.74, 6) is -1.48. The van der Waals surface area contributed by atoms with Gasteiger partial charge in [0.1, 0.15) is 17.1 Å². The third kappa shape index (κ3) is 3.85. The number of hydrogen-bond acceptors (Lipinski definition) is 3. The lowest BCUT2D eigenvalue weighted by atomic mass is 9.92. The van der Waals surface area contributed by atoms with Crippen molar-refractivity contribution in [3.63, 3.8) is 0 Å². The molecule has 1 fully saturated rings. The fourth-order valence-electron chi connectivity index (χ4n) is 5.64. The predicted molar refractivity (Wildman–Crippen MR) is 138 cm³/mol. The summed E-state index contributed by atoms with van der Waals surface area (Å²) in [7, 11) is 0. The van der Waals surface area contributed by atoms with Gasteiger partial charge in [-0.25, -0.2) is 4.39 Å². The maximum Gasteiger partial charge on any atom is 0.278 e. The molecule has 1 atom stereocenters. The molecule has 3 amide bonds.